The number of amides is 3. The summed E-state index contributed by atoms with van der Waals surface area (Å²) in [6.07, 6.45) is 4.29. The number of aliphatic hydroxyl groups excluding tert-OH is 1. The molecule has 4 atom stereocenters. The molecule has 0 heterocycles. The molecular formula is C20H39N5O6S. The van der Waals surface area contributed by atoms with Crippen molar-refractivity contribution in [3.8, 4) is 0 Å². The van der Waals surface area contributed by atoms with E-state index in [4.69, 9.17) is 21.7 Å². The van der Waals surface area contributed by atoms with E-state index in [0.717, 1.165) is 6.42 Å². The minimum atomic E-state index is -1.48. The third-order valence-corrected chi connectivity index (χ3v) is 5.33. The molecular weight excluding hydrogens is 438 g/mol. The Morgan fingerprint density at radius 3 is 1.97 bits per heavy atom. The van der Waals surface area contributed by atoms with E-state index in [1.54, 1.807) is 0 Å². The van der Waals surface area contributed by atoms with E-state index in [1.165, 1.54) is 11.8 Å². The first-order valence-corrected chi connectivity index (χ1v) is 12.2. The van der Waals surface area contributed by atoms with Crippen LogP contribution in [-0.2, 0) is 19.2 Å². The molecule has 0 spiro atoms. The van der Waals surface area contributed by atoms with Crippen LogP contribution in [0.1, 0.15) is 46.0 Å². The summed E-state index contributed by atoms with van der Waals surface area (Å²) in [5.74, 6) is -2.52. The molecule has 0 saturated carbocycles. The second kappa shape index (κ2) is 16.7. The maximum Gasteiger partial charge on any atom is 0.328 e. The van der Waals surface area contributed by atoms with Crippen LogP contribution in [0.5, 0.6) is 0 Å². The van der Waals surface area contributed by atoms with Gasteiger partial charge in [-0.2, -0.15) is 11.8 Å². The van der Waals surface area contributed by atoms with Crippen LogP contribution in [0.15, 0.2) is 0 Å². The van der Waals surface area contributed by atoms with E-state index in [-0.39, 0.29) is 12.3 Å². The van der Waals surface area contributed by atoms with Gasteiger partial charge in [0, 0.05) is 0 Å². The second-order valence-corrected chi connectivity index (χ2v) is 8.99. The number of nitrogens with one attached hydrogen (secondary N) is 3. The average Bonchev–Trinajstić information content (AvgIpc) is 2.73. The summed E-state index contributed by atoms with van der Waals surface area (Å²) in [6, 6.07) is -4.18. The van der Waals surface area contributed by atoms with Gasteiger partial charge in [0.2, 0.25) is 17.7 Å². The normalized spacial score (nSPS) is 14.8. The van der Waals surface area contributed by atoms with Gasteiger partial charge in [0.1, 0.15) is 18.1 Å². The predicted octanol–water partition coefficient (Wildman–Crippen LogP) is -1.23. The molecule has 0 saturated heterocycles. The highest BCUT2D eigenvalue weighted by molar-refractivity contribution is 7.98. The van der Waals surface area contributed by atoms with E-state index in [9.17, 15) is 19.2 Å². The van der Waals surface area contributed by atoms with Gasteiger partial charge in [-0.05, 0) is 50.2 Å². The topological polar surface area (TPSA) is 197 Å². The van der Waals surface area contributed by atoms with E-state index in [2.05, 4.69) is 16.0 Å². The largest absolute Gasteiger partial charge is 0.480 e. The van der Waals surface area contributed by atoms with Crippen LogP contribution in [-0.4, -0.2) is 83.2 Å². The van der Waals surface area contributed by atoms with Crippen molar-refractivity contribution in [3.63, 3.8) is 0 Å². The Kier molecular flexibility index (Phi) is 15.7. The van der Waals surface area contributed by atoms with Gasteiger partial charge in [0.25, 0.3) is 0 Å². The van der Waals surface area contributed by atoms with Crippen molar-refractivity contribution in [2.24, 2.45) is 17.4 Å². The lowest BCUT2D eigenvalue weighted by molar-refractivity contribution is -0.143. The van der Waals surface area contributed by atoms with Crippen LogP contribution in [0.25, 0.3) is 0 Å². The van der Waals surface area contributed by atoms with Crippen LogP contribution in [0.2, 0.25) is 0 Å². The fourth-order valence-corrected chi connectivity index (χ4v) is 3.33. The summed E-state index contributed by atoms with van der Waals surface area (Å²) < 4.78 is 0. The summed E-state index contributed by atoms with van der Waals surface area (Å²) in [5, 5.41) is 25.7. The number of carbonyl (C=O) groups excluding carboxylic acids is 3. The number of carboxylic acid groups (broad SMARTS) is 1. The zero-order valence-corrected chi connectivity index (χ0v) is 20.0. The molecule has 0 aliphatic carbocycles. The van der Waals surface area contributed by atoms with Crippen LogP contribution >= 0.6 is 11.8 Å². The molecule has 0 rings (SSSR count). The highest BCUT2D eigenvalue weighted by atomic mass is 32.2. The molecule has 0 aromatic rings. The zero-order valence-electron chi connectivity index (χ0n) is 19.1. The molecule has 0 aromatic carbocycles. The van der Waals surface area contributed by atoms with Gasteiger partial charge in [0.15, 0.2) is 0 Å². The second-order valence-electron chi connectivity index (χ2n) is 8.01. The number of hydrogen-bond donors (Lipinski definition) is 7. The summed E-state index contributed by atoms with van der Waals surface area (Å²) in [7, 11) is 0. The Bertz CT molecular complexity index is 607. The smallest absolute Gasteiger partial charge is 0.328 e. The first kappa shape index (κ1) is 30.1. The van der Waals surface area contributed by atoms with Crippen LogP contribution < -0.4 is 27.4 Å². The third-order valence-electron chi connectivity index (χ3n) is 4.69. The Morgan fingerprint density at radius 1 is 0.906 bits per heavy atom. The molecule has 0 aliphatic rings. The molecule has 4 unspecified atom stereocenters. The minimum Gasteiger partial charge on any atom is -0.480 e. The molecule has 0 radical (unpaired) electrons. The number of rotatable bonds is 17. The Hall–Kier alpha value is -1.89. The average molecular weight is 478 g/mol. The van der Waals surface area contributed by atoms with Crippen LogP contribution in [0, 0.1) is 5.92 Å². The minimum absolute atomic E-state index is 0.0729. The van der Waals surface area contributed by atoms with Crippen molar-refractivity contribution in [3.05, 3.63) is 0 Å². The number of aliphatic carboxylic acids is 1. The number of nitrogens with two attached hydrogens (primary N) is 2. The Balaban J connectivity index is 5.28. The highest BCUT2D eigenvalue weighted by Gasteiger charge is 2.30. The van der Waals surface area contributed by atoms with Crippen molar-refractivity contribution < 1.29 is 29.4 Å². The molecule has 3 amide bonds. The fourth-order valence-electron chi connectivity index (χ4n) is 2.86. The van der Waals surface area contributed by atoms with Gasteiger partial charge in [-0.1, -0.05) is 20.3 Å². The summed E-state index contributed by atoms with van der Waals surface area (Å²) >= 11 is 1.46. The fraction of sp³-hybridized carbons (Fsp3) is 0.800. The maximum absolute atomic E-state index is 12.9. The molecule has 12 heteroatoms. The number of carboxylic acids is 1. The number of hydrogen-bond acceptors (Lipinski definition) is 8. The molecule has 0 bridgehead atoms. The third kappa shape index (κ3) is 12.2. The molecule has 32 heavy (non-hydrogen) atoms. The van der Waals surface area contributed by atoms with E-state index >= 15 is 0 Å². The van der Waals surface area contributed by atoms with Gasteiger partial charge in [-0.25, -0.2) is 4.79 Å². The first-order chi connectivity index (χ1) is 15.1. The van der Waals surface area contributed by atoms with Gasteiger partial charge in [-0.3, -0.25) is 14.4 Å². The van der Waals surface area contributed by atoms with Gasteiger partial charge < -0.3 is 37.6 Å². The van der Waals surface area contributed by atoms with E-state index < -0.39 is 54.5 Å². The van der Waals surface area contributed by atoms with E-state index in [0.29, 0.717) is 31.6 Å². The monoisotopic (exact) mass is 477 g/mol. The van der Waals surface area contributed by atoms with Crippen molar-refractivity contribution in [1.82, 2.24) is 16.0 Å². The SMILES string of the molecule is CSCCC(NC(=O)C(CC(C)C)NC(=O)C(N)CCCCN)C(=O)NC(CO)C(=O)O. The summed E-state index contributed by atoms with van der Waals surface area (Å²) in [4.78, 5) is 49.0. The van der Waals surface area contributed by atoms with E-state index in [1.807, 2.05) is 20.1 Å². The maximum atomic E-state index is 12.9. The molecule has 11 nitrogen and oxygen atoms in total. The standard InChI is InChI=1S/C20H39N5O6S/c1-12(2)10-15(24-17(27)13(22)6-4-5-8-21)19(29)23-14(7-9-32-3)18(28)25-16(11-26)20(30)31/h12-16,26H,4-11,21-22H2,1-3H3,(H,23,29)(H,24,27)(H,25,28)(H,30,31). The molecule has 186 valence electrons. The number of unbranched alkanes of at least 4 members (excludes halogenated alkanes) is 1. The zero-order chi connectivity index (χ0) is 24.7. The lowest BCUT2D eigenvalue weighted by atomic mass is 10.0. The summed E-state index contributed by atoms with van der Waals surface area (Å²) in [5.41, 5.74) is 11.4. The number of carbonyl (C=O) groups is 4. The Labute approximate surface area is 193 Å². The molecule has 9 N–H and O–H groups in total. The van der Waals surface area contributed by atoms with Crippen LogP contribution in [0.4, 0.5) is 0 Å². The van der Waals surface area contributed by atoms with Crippen molar-refractivity contribution in [2.45, 2.75) is 70.1 Å². The van der Waals surface area contributed by atoms with Gasteiger partial charge in [-0.15, -0.1) is 0 Å². The van der Waals surface area contributed by atoms with Crippen molar-refractivity contribution in [1.29, 1.82) is 0 Å². The van der Waals surface area contributed by atoms with Crippen LogP contribution in [0.3, 0.4) is 0 Å². The van der Waals surface area contributed by atoms with Crippen molar-refractivity contribution in [2.75, 3.05) is 25.2 Å². The molecule has 0 fully saturated rings. The van der Waals surface area contributed by atoms with Gasteiger partial charge in [0.05, 0.1) is 12.6 Å². The highest BCUT2D eigenvalue weighted by Crippen LogP contribution is 2.09. The lowest BCUT2D eigenvalue weighted by Gasteiger charge is -2.25. The predicted molar refractivity (Wildman–Crippen MR) is 124 cm³/mol. The first-order valence-electron chi connectivity index (χ1n) is 10.8. The Morgan fingerprint density at radius 2 is 1.47 bits per heavy atom. The number of aliphatic hydroxyl groups is 1. The lowest BCUT2D eigenvalue weighted by Crippen LogP contribution is -2.57. The number of thioether (sulfide) groups is 1. The quantitative estimate of drug-likeness (QED) is 0.125. The van der Waals surface area contributed by atoms with Gasteiger partial charge >= 0.3 is 5.97 Å². The summed E-state index contributed by atoms with van der Waals surface area (Å²) in [6.45, 7) is 3.51. The van der Waals surface area contributed by atoms with Crippen molar-refractivity contribution >= 4 is 35.5 Å². The molecule has 0 aromatic heterocycles. The molecule has 0 aliphatic heterocycles.